The number of ether oxygens (including phenoxy) is 1. The maximum absolute atomic E-state index is 9.95. The number of pyridine rings is 1. The summed E-state index contributed by atoms with van der Waals surface area (Å²) in [6.07, 6.45) is 2.93. The Balaban J connectivity index is 1.73. The van der Waals surface area contributed by atoms with E-state index in [1.54, 1.807) is 17.8 Å². The molecule has 1 aliphatic heterocycles. The lowest BCUT2D eigenvalue weighted by Crippen LogP contribution is -2.38. The van der Waals surface area contributed by atoms with Gasteiger partial charge in [-0.15, -0.1) is 0 Å². The van der Waals surface area contributed by atoms with Crippen molar-refractivity contribution in [3.05, 3.63) is 42.2 Å². The number of aryl methyl sites for hydroxylation is 1. The van der Waals surface area contributed by atoms with E-state index in [0.29, 0.717) is 36.8 Å². The molecule has 4 aromatic rings. The number of aliphatic hydroxyl groups excluding tert-OH is 1. The summed E-state index contributed by atoms with van der Waals surface area (Å²) < 4.78 is 8.18. The lowest BCUT2D eigenvalue weighted by molar-refractivity contribution is 0.149. The second-order valence-electron chi connectivity index (χ2n) is 9.38. The maximum atomic E-state index is 9.95. The highest BCUT2D eigenvalue weighted by Gasteiger charge is 2.22. The molecule has 2 atom stereocenters. The van der Waals surface area contributed by atoms with E-state index in [-0.39, 0.29) is 6.10 Å². The number of aromatic nitrogens is 5. The second kappa shape index (κ2) is 9.71. The average Bonchev–Trinajstić information content (AvgIpc) is 3.44. The van der Waals surface area contributed by atoms with Crippen LogP contribution in [0.2, 0.25) is 0 Å². The first-order valence-electron chi connectivity index (χ1n) is 12.2. The molecule has 36 heavy (non-hydrogen) atoms. The fraction of sp³-hybridized carbons (Fsp3) is 0.385. The van der Waals surface area contributed by atoms with Crippen LogP contribution in [-0.2, 0) is 7.05 Å². The summed E-state index contributed by atoms with van der Waals surface area (Å²) >= 11 is 0. The number of aliphatic imine (C=N–C) groups is 1. The molecule has 0 spiro atoms. The van der Waals surface area contributed by atoms with Gasteiger partial charge in [0.25, 0.3) is 0 Å². The van der Waals surface area contributed by atoms with Gasteiger partial charge in [0.2, 0.25) is 5.88 Å². The largest absolute Gasteiger partial charge is 0.473 e. The number of likely N-dealkylation sites (N-methyl/N-ethyl adjacent to an activating group) is 1. The zero-order valence-electron chi connectivity index (χ0n) is 21.1. The van der Waals surface area contributed by atoms with E-state index in [9.17, 15) is 5.11 Å². The fourth-order valence-corrected chi connectivity index (χ4v) is 4.56. The average molecular weight is 489 g/mol. The molecule has 4 heterocycles. The molecule has 0 fully saturated rings. The van der Waals surface area contributed by atoms with Crippen LogP contribution in [0, 0.1) is 0 Å². The molecule has 2 unspecified atom stereocenters. The molecule has 3 aromatic heterocycles. The first kappa shape index (κ1) is 24.0. The van der Waals surface area contributed by atoms with E-state index < -0.39 is 6.10 Å². The number of hydrogen-bond acceptors (Lipinski definition) is 8. The fourth-order valence-electron chi connectivity index (χ4n) is 4.56. The van der Waals surface area contributed by atoms with Gasteiger partial charge in [0, 0.05) is 54.1 Å². The van der Waals surface area contributed by atoms with Crippen molar-refractivity contribution < 1.29 is 9.84 Å². The first-order chi connectivity index (χ1) is 17.3. The Kier molecular flexibility index (Phi) is 6.46. The number of hydrogen-bond donors (Lipinski definition) is 3. The zero-order valence-corrected chi connectivity index (χ0v) is 21.1. The topological polar surface area (TPSA) is 130 Å². The van der Waals surface area contributed by atoms with Gasteiger partial charge < -0.3 is 15.6 Å². The Morgan fingerprint density at radius 3 is 2.86 bits per heavy atom. The molecule has 1 aliphatic rings. The Bertz CT molecular complexity index is 1420. The summed E-state index contributed by atoms with van der Waals surface area (Å²) in [4.78, 5) is 11.6. The van der Waals surface area contributed by atoms with E-state index in [0.717, 1.165) is 45.6 Å². The SMILES string of the molecule is CCN1CC(=NCC(C)O)c2cc(ccc2N)-c2[nH]nc3ncc(cc23)-c2cnn(C)c2OC(C)C1. The zero-order chi connectivity index (χ0) is 25.4. The van der Waals surface area contributed by atoms with Crippen molar-refractivity contribution in [2.45, 2.75) is 33.0 Å². The standard InChI is InChI=1S/C26H32N8O2/c1-5-34-13-16(3)36-26-21(12-30-33(26)4)18-9-20-24(31-32-25(20)29-11-18)17-6-7-22(27)19(8-17)23(14-34)28-10-15(2)35/h6-9,11-12,15-16,35H,5,10,13-14,27H2,1-4H3,(H,29,31,32). The van der Waals surface area contributed by atoms with Gasteiger partial charge in [-0.3, -0.25) is 15.0 Å². The van der Waals surface area contributed by atoms with Gasteiger partial charge >= 0.3 is 0 Å². The van der Waals surface area contributed by atoms with Crippen molar-refractivity contribution in [1.82, 2.24) is 29.9 Å². The molecule has 0 saturated carbocycles. The smallest absolute Gasteiger partial charge is 0.219 e. The van der Waals surface area contributed by atoms with Crippen LogP contribution in [0.5, 0.6) is 5.88 Å². The normalized spacial score (nSPS) is 18.6. The molecule has 0 saturated heterocycles. The third-order valence-electron chi connectivity index (χ3n) is 6.45. The lowest BCUT2D eigenvalue weighted by Gasteiger charge is -2.26. The summed E-state index contributed by atoms with van der Waals surface area (Å²) in [7, 11) is 1.88. The summed E-state index contributed by atoms with van der Waals surface area (Å²) in [5.74, 6) is 0.687. The highest BCUT2D eigenvalue weighted by atomic mass is 16.5. The van der Waals surface area contributed by atoms with Crippen LogP contribution < -0.4 is 10.5 Å². The van der Waals surface area contributed by atoms with Crippen molar-refractivity contribution in [3.8, 4) is 28.3 Å². The number of benzene rings is 1. The number of anilines is 1. The van der Waals surface area contributed by atoms with Crippen LogP contribution in [0.25, 0.3) is 33.4 Å². The monoisotopic (exact) mass is 488 g/mol. The summed E-state index contributed by atoms with van der Waals surface area (Å²) in [6.45, 7) is 8.23. The third-order valence-corrected chi connectivity index (χ3v) is 6.45. The molecule has 0 aliphatic carbocycles. The van der Waals surface area contributed by atoms with Gasteiger partial charge in [0.1, 0.15) is 6.10 Å². The van der Waals surface area contributed by atoms with Crippen molar-refractivity contribution in [3.63, 3.8) is 0 Å². The molecule has 0 amide bonds. The van der Waals surface area contributed by atoms with Crippen LogP contribution in [0.4, 0.5) is 5.69 Å². The molecule has 10 nitrogen and oxygen atoms in total. The number of nitrogen functional groups attached to an aromatic ring is 1. The van der Waals surface area contributed by atoms with Crippen LogP contribution in [0.3, 0.4) is 0 Å². The van der Waals surface area contributed by atoms with Gasteiger partial charge in [-0.25, -0.2) is 9.67 Å². The summed E-state index contributed by atoms with van der Waals surface area (Å²) in [5, 5.41) is 22.9. The van der Waals surface area contributed by atoms with Crippen molar-refractivity contribution in [2.24, 2.45) is 12.0 Å². The Morgan fingerprint density at radius 2 is 2.08 bits per heavy atom. The van der Waals surface area contributed by atoms with E-state index in [1.165, 1.54) is 0 Å². The van der Waals surface area contributed by atoms with Crippen LogP contribution in [-0.4, -0.2) is 79.1 Å². The number of fused-ring (bicyclic) bond motifs is 6. The Morgan fingerprint density at radius 1 is 1.25 bits per heavy atom. The number of nitrogens with one attached hydrogen (secondary N) is 1. The van der Waals surface area contributed by atoms with E-state index >= 15 is 0 Å². The van der Waals surface area contributed by atoms with Crippen LogP contribution in [0.1, 0.15) is 26.3 Å². The number of nitrogens with two attached hydrogens (primary N) is 1. The molecule has 5 rings (SSSR count). The Hall–Kier alpha value is -3.76. The molecule has 4 bridgehead atoms. The predicted molar refractivity (Wildman–Crippen MR) is 141 cm³/mol. The van der Waals surface area contributed by atoms with Gasteiger partial charge in [-0.2, -0.15) is 10.2 Å². The van der Waals surface area contributed by atoms with E-state index in [1.807, 2.05) is 31.4 Å². The van der Waals surface area contributed by atoms with Gasteiger partial charge in [-0.05, 0) is 38.6 Å². The first-order valence-corrected chi connectivity index (χ1v) is 12.2. The number of H-pyrrole nitrogens is 1. The number of rotatable bonds is 3. The second-order valence-corrected chi connectivity index (χ2v) is 9.38. The van der Waals surface area contributed by atoms with Crippen molar-refractivity contribution in [2.75, 3.05) is 31.9 Å². The van der Waals surface area contributed by atoms with E-state index in [2.05, 4.69) is 45.1 Å². The van der Waals surface area contributed by atoms with Gasteiger partial charge in [-0.1, -0.05) is 13.0 Å². The summed E-state index contributed by atoms with van der Waals surface area (Å²) in [6, 6.07) is 7.97. The minimum Gasteiger partial charge on any atom is -0.473 e. The molecular weight excluding hydrogens is 456 g/mol. The van der Waals surface area contributed by atoms with Gasteiger partial charge in [0.15, 0.2) is 5.65 Å². The maximum Gasteiger partial charge on any atom is 0.219 e. The minimum absolute atomic E-state index is 0.118. The number of nitrogens with zero attached hydrogens (tertiary/aromatic N) is 6. The highest BCUT2D eigenvalue weighted by Crippen LogP contribution is 2.35. The summed E-state index contributed by atoms with van der Waals surface area (Å²) in [5.41, 5.74) is 12.9. The quantitative estimate of drug-likeness (QED) is 0.378. The molecule has 1 aromatic carbocycles. The van der Waals surface area contributed by atoms with Crippen LogP contribution >= 0.6 is 0 Å². The molecule has 188 valence electrons. The molecule has 10 heteroatoms. The third kappa shape index (κ3) is 4.57. The minimum atomic E-state index is -0.555. The molecular formula is C26H32N8O2. The molecule has 4 N–H and O–H groups in total. The number of aromatic amines is 1. The lowest BCUT2D eigenvalue weighted by atomic mass is 10.00. The predicted octanol–water partition coefficient (Wildman–Crippen LogP) is 2.88. The van der Waals surface area contributed by atoms with Gasteiger partial charge in [0.05, 0.1) is 35.8 Å². The molecule has 0 radical (unpaired) electrons. The highest BCUT2D eigenvalue weighted by molar-refractivity contribution is 6.07. The van der Waals surface area contributed by atoms with E-state index in [4.69, 9.17) is 15.5 Å². The van der Waals surface area contributed by atoms with Crippen molar-refractivity contribution in [1.29, 1.82) is 0 Å². The Labute approximate surface area is 209 Å². The van der Waals surface area contributed by atoms with Crippen molar-refractivity contribution >= 4 is 22.4 Å². The van der Waals surface area contributed by atoms with Crippen LogP contribution in [0.15, 0.2) is 41.7 Å². The number of aliphatic hydroxyl groups is 1.